The second kappa shape index (κ2) is 5.57. The Balaban J connectivity index is 2.12. The number of rotatable bonds is 3. The Morgan fingerprint density at radius 2 is 2.22 bits per heavy atom. The zero-order valence-corrected chi connectivity index (χ0v) is 12.5. The zero-order chi connectivity index (χ0) is 13.2. The van der Waals surface area contributed by atoms with Crippen molar-refractivity contribution in [2.45, 2.75) is 56.5 Å². The van der Waals surface area contributed by atoms with Gasteiger partial charge >= 0.3 is 0 Å². The summed E-state index contributed by atoms with van der Waals surface area (Å²) < 4.78 is 0. The third-order valence-corrected chi connectivity index (χ3v) is 5.08. The summed E-state index contributed by atoms with van der Waals surface area (Å²) in [5.74, 6) is 0. The fourth-order valence-corrected chi connectivity index (χ4v) is 4.42. The molecule has 1 aromatic heterocycles. The molecule has 0 amide bonds. The summed E-state index contributed by atoms with van der Waals surface area (Å²) in [6.07, 6.45) is 5.70. The summed E-state index contributed by atoms with van der Waals surface area (Å²) >= 11 is 1.83. The molecule has 3 nitrogen and oxygen atoms in total. The number of nitrogens with zero attached hydrogens (tertiary/aromatic N) is 2. The lowest BCUT2D eigenvalue weighted by Gasteiger charge is -2.43. The normalized spacial score (nSPS) is 27.1. The maximum absolute atomic E-state index is 4.51. The van der Waals surface area contributed by atoms with Crippen LogP contribution in [0, 0.1) is 12.3 Å². The first-order valence-corrected chi connectivity index (χ1v) is 7.54. The summed E-state index contributed by atoms with van der Waals surface area (Å²) in [6.45, 7) is 6.74. The fraction of sp³-hybridized carbons (Fsp3) is 0.714. The minimum absolute atomic E-state index is 0.356. The predicted molar refractivity (Wildman–Crippen MR) is 76.9 cm³/mol. The summed E-state index contributed by atoms with van der Waals surface area (Å²) in [4.78, 5) is 8.88. The van der Waals surface area contributed by atoms with E-state index in [-0.39, 0.29) is 0 Å². The van der Waals surface area contributed by atoms with Crippen molar-refractivity contribution in [2.75, 3.05) is 7.05 Å². The molecule has 1 aliphatic carbocycles. The molecule has 2 rings (SSSR count). The molecule has 1 saturated carbocycles. The molecule has 4 heteroatoms. The quantitative estimate of drug-likeness (QED) is 0.853. The summed E-state index contributed by atoms with van der Waals surface area (Å²) in [5.41, 5.74) is 1.40. The Morgan fingerprint density at radius 3 is 2.89 bits per heavy atom. The number of aryl methyl sites for hydroxylation is 1. The van der Waals surface area contributed by atoms with Gasteiger partial charge in [0.05, 0.1) is 0 Å². The largest absolute Gasteiger partial charge is 0.315 e. The summed E-state index contributed by atoms with van der Waals surface area (Å²) in [5, 5.41) is 4.99. The van der Waals surface area contributed by atoms with Crippen LogP contribution in [0.25, 0.3) is 0 Å². The van der Waals surface area contributed by atoms with Crippen LogP contribution in [0.15, 0.2) is 17.4 Å². The lowest BCUT2D eigenvalue weighted by Crippen LogP contribution is -2.50. The van der Waals surface area contributed by atoms with Gasteiger partial charge in [-0.1, -0.05) is 32.0 Å². The Hall–Kier alpha value is -0.610. The smallest absolute Gasteiger partial charge is 0.188 e. The highest BCUT2D eigenvalue weighted by Crippen LogP contribution is 2.41. The van der Waals surface area contributed by atoms with Gasteiger partial charge in [0.2, 0.25) is 0 Å². The molecule has 1 aliphatic rings. The summed E-state index contributed by atoms with van der Waals surface area (Å²) in [6, 6.07) is 2.48. The molecule has 2 atom stereocenters. The van der Waals surface area contributed by atoms with Crippen molar-refractivity contribution in [1.82, 2.24) is 15.3 Å². The second-order valence-electron chi connectivity index (χ2n) is 5.78. The zero-order valence-electron chi connectivity index (χ0n) is 11.7. The maximum atomic E-state index is 4.51. The van der Waals surface area contributed by atoms with Gasteiger partial charge < -0.3 is 5.32 Å². The molecule has 1 aromatic rings. The molecule has 18 heavy (non-hydrogen) atoms. The van der Waals surface area contributed by atoms with Crippen molar-refractivity contribution in [3.05, 3.63) is 18.0 Å². The first-order chi connectivity index (χ1) is 8.53. The van der Waals surface area contributed by atoms with E-state index < -0.39 is 0 Å². The van der Waals surface area contributed by atoms with E-state index in [0.29, 0.717) is 16.7 Å². The number of nitrogens with one attached hydrogen (secondary N) is 1. The van der Waals surface area contributed by atoms with E-state index >= 15 is 0 Å². The van der Waals surface area contributed by atoms with Gasteiger partial charge in [-0.25, -0.2) is 9.97 Å². The Labute approximate surface area is 114 Å². The molecule has 0 spiro atoms. The first kappa shape index (κ1) is 13.8. The highest BCUT2D eigenvalue weighted by molar-refractivity contribution is 7.99. The monoisotopic (exact) mass is 265 g/mol. The maximum Gasteiger partial charge on any atom is 0.188 e. The minimum atomic E-state index is 0.356. The minimum Gasteiger partial charge on any atom is -0.315 e. The third-order valence-electron chi connectivity index (χ3n) is 3.86. The van der Waals surface area contributed by atoms with Crippen molar-refractivity contribution in [2.24, 2.45) is 5.41 Å². The van der Waals surface area contributed by atoms with E-state index in [1.54, 1.807) is 0 Å². The van der Waals surface area contributed by atoms with Crippen LogP contribution in [-0.2, 0) is 0 Å². The number of hydrogen-bond donors (Lipinski definition) is 1. The van der Waals surface area contributed by atoms with Crippen molar-refractivity contribution in [3.63, 3.8) is 0 Å². The lowest BCUT2D eigenvalue weighted by molar-refractivity contribution is 0.182. The van der Waals surface area contributed by atoms with E-state index in [2.05, 4.69) is 36.2 Å². The molecule has 0 aromatic carbocycles. The van der Waals surface area contributed by atoms with Gasteiger partial charge in [-0.2, -0.15) is 0 Å². The Morgan fingerprint density at radius 1 is 1.44 bits per heavy atom. The van der Waals surface area contributed by atoms with Crippen LogP contribution in [0.1, 0.15) is 38.8 Å². The molecular formula is C14H23N3S. The van der Waals surface area contributed by atoms with Crippen LogP contribution in [0.4, 0.5) is 0 Å². The third kappa shape index (κ3) is 3.04. The predicted octanol–water partition coefficient (Wildman–Crippen LogP) is 3.04. The number of hydrogen-bond acceptors (Lipinski definition) is 4. The van der Waals surface area contributed by atoms with E-state index in [9.17, 15) is 0 Å². The second-order valence-corrected chi connectivity index (χ2v) is 6.99. The molecule has 1 heterocycles. The van der Waals surface area contributed by atoms with Gasteiger partial charge in [0, 0.05) is 23.2 Å². The van der Waals surface area contributed by atoms with Crippen molar-refractivity contribution in [3.8, 4) is 0 Å². The lowest BCUT2D eigenvalue weighted by atomic mass is 9.73. The average Bonchev–Trinajstić information content (AvgIpc) is 2.28. The molecule has 2 unspecified atom stereocenters. The fourth-order valence-electron chi connectivity index (χ4n) is 2.91. The Kier molecular flexibility index (Phi) is 4.28. The molecule has 1 fully saturated rings. The number of aromatic nitrogens is 2. The molecular weight excluding hydrogens is 242 g/mol. The van der Waals surface area contributed by atoms with Crippen molar-refractivity contribution < 1.29 is 0 Å². The topological polar surface area (TPSA) is 37.8 Å². The van der Waals surface area contributed by atoms with Crippen molar-refractivity contribution >= 4 is 11.8 Å². The van der Waals surface area contributed by atoms with Crippen LogP contribution in [0.3, 0.4) is 0 Å². The molecule has 0 aliphatic heterocycles. The van der Waals surface area contributed by atoms with E-state index in [1.165, 1.54) is 19.3 Å². The molecule has 0 saturated heterocycles. The molecule has 100 valence electrons. The van der Waals surface area contributed by atoms with Gasteiger partial charge in [0.15, 0.2) is 5.16 Å². The van der Waals surface area contributed by atoms with Gasteiger partial charge in [0.25, 0.3) is 0 Å². The molecule has 0 radical (unpaired) electrons. The highest BCUT2D eigenvalue weighted by Gasteiger charge is 2.38. The van der Waals surface area contributed by atoms with Gasteiger partial charge in [-0.3, -0.25) is 0 Å². The van der Waals surface area contributed by atoms with Gasteiger partial charge in [-0.15, -0.1) is 0 Å². The van der Waals surface area contributed by atoms with E-state index in [1.807, 2.05) is 30.9 Å². The van der Waals surface area contributed by atoms with E-state index in [0.717, 1.165) is 10.9 Å². The van der Waals surface area contributed by atoms with Crippen LogP contribution < -0.4 is 5.32 Å². The Bertz CT molecular complexity index is 406. The van der Waals surface area contributed by atoms with Gasteiger partial charge in [-0.05, 0) is 38.3 Å². The van der Waals surface area contributed by atoms with Crippen LogP contribution in [0.2, 0.25) is 0 Å². The van der Waals surface area contributed by atoms with Gasteiger partial charge in [0.1, 0.15) is 0 Å². The SMILES string of the molecule is CNC1C(Sc2nccc(C)n2)CCCC1(C)C. The van der Waals surface area contributed by atoms with Crippen LogP contribution in [-0.4, -0.2) is 28.3 Å². The standard InChI is InChI=1S/C14H23N3S/c1-10-7-9-16-13(17-10)18-11-6-5-8-14(2,3)12(11)15-4/h7,9,11-12,15H,5-6,8H2,1-4H3. The van der Waals surface area contributed by atoms with Crippen molar-refractivity contribution in [1.29, 1.82) is 0 Å². The van der Waals surface area contributed by atoms with Crippen LogP contribution >= 0.6 is 11.8 Å². The summed E-state index contributed by atoms with van der Waals surface area (Å²) in [7, 11) is 2.07. The number of thioether (sulfide) groups is 1. The van der Waals surface area contributed by atoms with Crippen LogP contribution in [0.5, 0.6) is 0 Å². The van der Waals surface area contributed by atoms with E-state index in [4.69, 9.17) is 0 Å². The average molecular weight is 265 g/mol. The molecule has 1 N–H and O–H groups in total. The first-order valence-electron chi connectivity index (χ1n) is 6.66. The molecule has 0 bridgehead atoms. The highest BCUT2D eigenvalue weighted by atomic mass is 32.2.